The molecule has 0 spiro atoms. The van der Waals surface area contributed by atoms with Crippen LogP contribution in [0.4, 0.5) is 0 Å². The molecule has 0 bridgehead atoms. The standard InChI is InChI=1S/C28H52NO7PSi/c1-12-33-37(10,31)26(27(4,5)6)29(28(7,8)9)36-24(23-18-16-15-17-19-23)22-32-25(30)20-21-38(11,34-13-2)35-14-3/h15-19,24,26H,12-14,20-22H2,1-11H3. The van der Waals surface area contributed by atoms with Gasteiger partial charge in [0.15, 0.2) is 0 Å². The minimum absolute atomic E-state index is 0.0104. The molecule has 0 saturated carbocycles. The Labute approximate surface area is 232 Å². The van der Waals surface area contributed by atoms with E-state index in [0.717, 1.165) is 5.56 Å². The number of carbonyl (C=O) groups excluding carboxylic acids is 1. The Morgan fingerprint density at radius 2 is 1.53 bits per heavy atom. The van der Waals surface area contributed by atoms with Gasteiger partial charge in [0.25, 0.3) is 0 Å². The van der Waals surface area contributed by atoms with E-state index in [4.69, 9.17) is 23.0 Å². The number of carbonyl (C=O) groups is 1. The molecule has 8 nitrogen and oxygen atoms in total. The molecule has 0 N–H and O–H groups in total. The van der Waals surface area contributed by atoms with Gasteiger partial charge in [-0.3, -0.25) is 14.2 Å². The van der Waals surface area contributed by atoms with Gasteiger partial charge in [-0.15, -0.1) is 0 Å². The lowest BCUT2D eigenvalue weighted by atomic mass is 9.94. The Bertz CT molecular complexity index is 879. The predicted molar refractivity (Wildman–Crippen MR) is 156 cm³/mol. The summed E-state index contributed by atoms with van der Waals surface area (Å²) >= 11 is 0. The van der Waals surface area contributed by atoms with E-state index < -0.39 is 38.8 Å². The summed E-state index contributed by atoms with van der Waals surface area (Å²) in [5.41, 5.74) is -0.106. The number of hydrogen-bond donors (Lipinski definition) is 0. The molecule has 0 aliphatic rings. The van der Waals surface area contributed by atoms with Gasteiger partial charge in [-0.05, 0) is 59.1 Å². The van der Waals surface area contributed by atoms with Crippen molar-refractivity contribution in [3.05, 3.63) is 35.9 Å². The zero-order valence-corrected chi connectivity index (χ0v) is 27.4. The van der Waals surface area contributed by atoms with Crippen LogP contribution in [-0.2, 0) is 32.3 Å². The van der Waals surface area contributed by atoms with Crippen LogP contribution in [0.15, 0.2) is 30.3 Å². The second kappa shape index (κ2) is 15.1. The Morgan fingerprint density at radius 1 is 0.974 bits per heavy atom. The first-order chi connectivity index (χ1) is 17.5. The third kappa shape index (κ3) is 11.2. The molecular formula is C28H52NO7PSi. The van der Waals surface area contributed by atoms with Crippen LogP contribution < -0.4 is 0 Å². The SMILES string of the molecule is CCO[Si](C)(CCC(=O)OCC(ON(C(C(C)(C)C)P(C)(=O)OCC)C(C)(C)C)c1ccccc1)OCC. The Hall–Kier alpha value is -1.06. The quantitative estimate of drug-likeness (QED) is 0.0892. The largest absolute Gasteiger partial charge is 0.462 e. The summed E-state index contributed by atoms with van der Waals surface area (Å²) in [5, 5.41) is 1.79. The highest BCUT2D eigenvalue weighted by molar-refractivity contribution is 7.58. The maximum absolute atomic E-state index is 13.9. The maximum atomic E-state index is 13.9. The minimum atomic E-state index is -3.14. The monoisotopic (exact) mass is 573 g/mol. The van der Waals surface area contributed by atoms with Gasteiger partial charge in [-0.2, -0.15) is 5.06 Å². The highest BCUT2D eigenvalue weighted by Gasteiger charge is 2.48. The van der Waals surface area contributed by atoms with Gasteiger partial charge in [0.05, 0.1) is 6.61 Å². The van der Waals surface area contributed by atoms with Crippen LogP contribution >= 0.6 is 7.37 Å². The Balaban J connectivity index is 3.24. The van der Waals surface area contributed by atoms with Crippen LogP contribution in [0.5, 0.6) is 0 Å². The first-order valence-electron chi connectivity index (χ1n) is 13.7. The van der Waals surface area contributed by atoms with Crippen molar-refractivity contribution in [3.63, 3.8) is 0 Å². The fourth-order valence-corrected chi connectivity index (χ4v) is 9.61. The molecule has 3 atom stereocenters. The molecule has 0 aliphatic heterocycles. The summed E-state index contributed by atoms with van der Waals surface area (Å²) in [4.78, 5) is 19.5. The first-order valence-corrected chi connectivity index (χ1v) is 18.3. The van der Waals surface area contributed by atoms with E-state index in [1.807, 2.05) is 99.2 Å². The molecule has 0 amide bonds. The molecule has 10 heteroatoms. The van der Waals surface area contributed by atoms with Gasteiger partial charge in [-0.1, -0.05) is 51.1 Å². The van der Waals surface area contributed by atoms with E-state index in [1.54, 1.807) is 11.7 Å². The predicted octanol–water partition coefficient (Wildman–Crippen LogP) is 7.15. The summed E-state index contributed by atoms with van der Waals surface area (Å²) in [5.74, 6) is -0.876. The number of hydroxylamine groups is 2. The second-order valence-electron chi connectivity index (χ2n) is 11.8. The normalized spacial score (nSPS) is 16.2. The van der Waals surface area contributed by atoms with E-state index in [2.05, 4.69) is 0 Å². The van der Waals surface area contributed by atoms with E-state index in [-0.39, 0.29) is 19.0 Å². The van der Waals surface area contributed by atoms with Crippen molar-refractivity contribution in [2.75, 3.05) is 33.1 Å². The summed E-state index contributed by atoms with van der Waals surface area (Å²) in [7, 11) is -5.57. The van der Waals surface area contributed by atoms with Gasteiger partial charge >= 0.3 is 14.5 Å². The number of rotatable bonds is 16. The number of benzene rings is 1. The van der Waals surface area contributed by atoms with Crippen LogP contribution in [0.25, 0.3) is 0 Å². The van der Waals surface area contributed by atoms with Gasteiger partial charge < -0.3 is 18.1 Å². The zero-order chi connectivity index (χ0) is 29.2. The van der Waals surface area contributed by atoms with E-state index >= 15 is 0 Å². The molecule has 220 valence electrons. The number of nitrogens with zero attached hydrogens (tertiary/aromatic N) is 1. The van der Waals surface area contributed by atoms with E-state index in [0.29, 0.717) is 25.9 Å². The topological polar surface area (TPSA) is 83.5 Å². The summed E-state index contributed by atoms with van der Waals surface area (Å²) in [6.07, 6.45) is -0.403. The average molecular weight is 574 g/mol. The Kier molecular flexibility index (Phi) is 13.9. The van der Waals surface area contributed by atoms with Crippen molar-refractivity contribution in [1.29, 1.82) is 0 Å². The lowest BCUT2D eigenvalue weighted by molar-refractivity contribution is -0.273. The van der Waals surface area contributed by atoms with Crippen LogP contribution in [0.1, 0.15) is 80.4 Å². The maximum Gasteiger partial charge on any atom is 0.335 e. The average Bonchev–Trinajstić information content (AvgIpc) is 2.78. The zero-order valence-electron chi connectivity index (χ0n) is 25.5. The second-order valence-corrected chi connectivity index (χ2v) is 17.7. The molecule has 0 saturated heterocycles. The van der Waals surface area contributed by atoms with Gasteiger partial charge in [0.2, 0.25) is 7.37 Å². The lowest BCUT2D eigenvalue weighted by Crippen LogP contribution is -2.53. The first kappa shape index (κ1) is 35.0. The number of ether oxygens (including phenoxy) is 1. The molecule has 0 aliphatic carbocycles. The third-order valence-corrected chi connectivity index (χ3v) is 11.6. The van der Waals surface area contributed by atoms with Gasteiger partial charge in [-0.25, -0.2) is 0 Å². The molecule has 1 rings (SSSR count). The number of esters is 1. The smallest absolute Gasteiger partial charge is 0.335 e. The molecule has 0 heterocycles. The van der Waals surface area contributed by atoms with Crippen LogP contribution in [0, 0.1) is 5.41 Å². The fraction of sp³-hybridized carbons (Fsp3) is 0.750. The van der Waals surface area contributed by atoms with Crippen molar-refractivity contribution < 1.29 is 32.3 Å². The molecule has 0 fully saturated rings. The number of hydrogen-bond acceptors (Lipinski definition) is 8. The summed E-state index contributed by atoms with van der Waals surface area (Å²) < 4.78 is 37.1. The highest BCUT2D eigenvalue weighted by atomic mass is 31.2. The fourth-order valence-electron chi connectivity index (χ4n) is 4.51. The third-order valence-electron chi connectivity index (χ3n) is 5.98. The highest BCUT2D eigenvalue weighted by Crippen LogP contribution is 2.57. The summed E-state index contributed by atoms with van der Waals surface area (Å²) in [6.45, 7) is 22.9. The van der Waals surface area contributed by atoms with Crippen LogP contribution in [0.2, 0.25) is 12.6 Å². The van der Waals surface area contributed by atoms with Crippen molar-refractivity contribution >= 4 is 21.9 Å². The van der Waals surface area contributed by atoms with Gasteiger partial charge in [0.1, 0.15) is 18.5 Å². The minimum Gasteiger partial charge on any atom is -0.462 e. The molecule has 0 radical (unpaired) electrons. The van der Waals surface area contributed by atoms with E-state index in [9.17, 15) is 9.36 Å². The lowest BCUT2D eigenvalue weighted by Gasteiger charge is -2.48. The van der Waals surface area contributed by atoms with E-state index in [1.165, 1.54) is 0 Å². The molecule has 38 heavy (non-hydrogen) atoms. The van der Waals surface area contributed by atoms with Crippen molar-refractivity contribution in [3.8, 4) is 0 Å². The molecule has 0 aromatic heterocycles. The van der Waals surface area contributed by atoms with Crippen molar-refractivity contribution in [2.24, 2.45) is 5.41 Å². The van der Waals surface area contributed by atoms with Gasteiger partial charge in [0, 0.05) is 37.9 Å². The molecule has 1 aromatic rings. The van der Waals surface area contributed by atoms with Crippen molar-refractivity contribution in [2.45, 2.75) is 98.8 Å². The molecule has 3 unspecified atom stereocenters. The summed E-state index contributed by atoms with van der Waals surface area (Å²) in [6, 6.07) is 10.2. The molecular weight excluding hydrogens is 521 g/mol. The Morgan fingerprint density at radius 3 is 1.97 bits per heavy atom. The van der Waals surface area contributed by atoms with Crippen LogP contribution in [0.3, 0.4) is 0 Å². The van der Waals surface area contributed by atoms with Crippen molar-refractivity contribution in [1.82, 2.24) is 5.06 Å². The molecule has 1 aromatic carbocycles. The van der Waals surface area contributed by atoms with Crippen LogP contribution in [-0.4, -0.2) is 64.0 Å².